The molecule has 2 fully saturated rings. The molecule has 0 radical (unpaired) electrons. The summed E-state index contributed by atoms with van der Waals surface area (Å²) in [4.78, 5) is 37.6. The molecule has 2 amide bonds. The van der Waals surface area contributed by atoms with Crippen LogP contribution in [0.3, 0.4) is 0 Å². The first kappa shape index (κ1) is 31.4. The molecular weight excluding hydrogens is 548 g/mol. The van der Waals surface area contributed by atoms with E-state index in [0.29, 0.717) is 29.8 Å². The standard InChI is InChI=1S/C36H44N6O2/c1-38(2)35(43)33-14-12-28(24-34(33)36(44)42-18-8-16-40(4)20-22-42)30-9-5-6-10-32(30)31-13-11-27(23-29(31)25-37)26-41-17-7-15-39(3)19-21-41/h5-6,9-14,23-24H,7-8,15-22,26H2,1-4H3. The van der Waals surface area contributed by atoms with Gasteiger partial charge in [-0.15, -0.1) is 0 Å². The van der Waals surface area contributed by atoms with Gasteiger partial charge in [-0.25, -0.2) is 0 Å². The molecule has 0 aliphatic carbocycles. The van der Waals surface area contributed by atoms with Gasteiger partial charge in [0, 0.05) is 58.9 Å². The Hall–Kier alpha value is -4.03. The monoisotopic (exact) mass is 592 g/mol. The average Bonchev–Trinajstić information content (AvgIpc) is 3.39. The number of likely N-dealkylation sites (N-methyl/N-ethyl adjacent to an activating group) is 2. The third-order valence-corrected chi connectivity index (χ3v) is 8.84. The van der Waals surface area contributed by atoms with Gasteiger partial charge in [-0.05, 0) is 87.0 Å². The molecule has 2 aliphatic rings. The van der Waals surface area contributed by atoms with Gasteiger partial charge in [0.15, 0.2) is 0 Å². The van der Waals surface area contributed by atoms with Crippen molar-refractivity contribution in [2.75, 3.05) is 80.5 Å². The molecule has 0 aromatic heterocycles. The molecule has 2 heterocycles. The van der Waals surface area contributed by atoms with Gasteiger partial charge in [-0.3, -0.25) is 14.5 Å². The summed E-state index contributed by atoms with van der Waals surface area (Å²) in [6, 6.07) is 22.2. The Morgan fingerprint density at radius 2 is 1.45 bits per heavy atom. The number of amides is 2. The van der Waals surface area contributed by atoms with Crippen molar-refractivity contribution in [3.63, 3.8) is 0 Å². The summed E-state index contributed by atoms with van der Waals surface area (Å²) in [7, 11) is 7.66. The fraction of sp³-hybridized carbons (Fsp3) is 0.417. The first-order valence-electron chi connectivity index (χ1n) is 15.6. The third-order valence-electron chi connectivity index (χ3n) is 8.84. The Bertz CT molecular complexity index is 1540. The van der Waals surface area contributed by atoms with E-state index in [2.05, 4.69) is 47.0 Å². The van der Waals surface area contributed by atoms with Crippen LogP contribution in [0, 0.1) is 11.3 Å². The minimum atomic E-state index is -0.196. The van der Waals surface area contributed by atoms with Gasteiger partial charge >= 0.3 is 0 Å². The lowest BCUT2D eigenvalue weighted by Crippen LogP contribution is -2.36. The third kappa shape index (κ3) is 7.19. The summed E-state index contributed by atoms with van der Waals surface area (Å²) >= 11 is 0. The molecule has 0 bridgehead atoms. The second-order valence-electron chi connectivity index (χ2n) is 12.4. The Kier molecular flexibility index (Phi) is 10.1. The van der Waals surface area contributed by atoms with E-state index >= 15 is 0 Å². The number of hydrogen-bond acceptors (Lipinski definition) is 6. The molecule has 8 nitrogen and oxygen atoms in total. The number of nitrogens with zero attached hydrogens (tertiary/aromatic N) is 6. The van der Waals surface area contributed by atoms with E-state index in [1.54, 1.807) is 20.2 Å². The molecule has 3 aromatic carbocycles. The van der Waals surface area contributed by atoms with Gasteiger partial charge in [-0.2, -0.15) is 5.26 Å². The van der Waals surface area contributed by atoms with Crippen molar-refractivity contribution in [2.24, 2.45) is 0 Å². The van der Waals surface area contributed by atoms with Crippen LogP contribution in [0.2, 0.25) is 0 Å². The zero-order valence-electron chi connectivity index (χ0n) is 26.6. The molecule has 0 spiro atoms. The minimum Gasteiger partial charge on any atom is -0.345 e. The predicted octanol–water partition coefficient (Wildman–Crippen LogP) is 4.51. The quantitative estimate of drug-likeness (QED) is 0.420. The first-order valence-corrected chi connectivity index (χ1v) is 15.6. The van der Waals surface area contributed by atoms with E-state index < -0.39 is 0 Å². The Morgan fingerprint density at radius 3 is 2.18 bits per heavy atom. The summed E-state index contributed by atoms with van der Waals surface area (Å²) < 4.78 is 0. The van der Waals surface area contributed by atoms with Crippen molar-refractivity contribution in [2.45, 2.75) is 19.4 Å². The van der Waals surface area contributed by atoms with Crippen molar-refractivity contribution in [1.82, 2.24) is 24.5 Å². The van der Waals surface area contributed by atoms with Crippen molar-refractivity contribution in [3.8, 4) is 28.3 Å². The highest BCUT2D eigenvalue weighted by Gasteiger charge is 2.26. The lowest BCUT2D eigenvalue weighted by atomic mass is 9.89. The highest BCUT2D eigenvalue weighted by atomic mass is 16.2. The molecule has 0 atom stereocenters. The van der Waals surface area contributed by atoms with Gasteiger partial charge in [0.25, 0.3) is 11.8 Å². The maximum Gasteiger partial charge on any atom is 0.254 e. The molecule has 44 heavy (non-hydrogen) atoms. The molecule has 230 valence electrons. The normalized spacial score (nSPS) is 17.0. The van der Waals surface area contributed by atoms with Gasteiger partial charge in [0.2, 0.25) is 0 Å². The molecule has 2 aliphatic heterocycles. The molecule has 3 aromatic rings. The second kappa shape index (κ2) is 14.2. The zero-order valence-corrected chi connectivity index (χ0v) is 26.6. The van der Waals surface area contributed by atoms with Crippen molar-refractivity contribution < 1.29 is 9.59 Å². The summed E-state index contributed by atoms with van der Waals surface area (Å²) in [5, 5.41) is 10.2. The fourth-order valence-corrected chi connectivity index (χ4v) is 6.24. The topological polar surface area (TPSA) is 74.1 Å². The van der Waals surface area contributed by atoms with Crippen LogP contribution in [-0.2, 0) is 6.54 Å². The van der Waals surface area contributed by atoms with Crippen LogP contribution in [0.5, 0.6) is 0 Å². The minimum absolute atomic E-state index is 0.119. The zero-order chi connectivity index (χ0) is 31.2. The smallest absolute Gasteiger partial charge is 0.254 e. The van der Waals surface area contributed by atoms with Crippen LogP contribution in [0.4, 0.5) is 0 Å². The lowest BCUT2D eigenvalue weighted by molar-refractivity contribution is 0.0745. The number of rotatable bonds is 6. The number of benzene rings is 3. The van der Waals surface area contributed by atoms with E-state index in [1.807, 2.05) is 47.4 Å². The van der Waals surface area contributed by atoms with Gasteiger partial charge in [-0.1, -0.05) is 42.5 Å². The number of carbonyl (C=O) groups excluding carboxylic acids is 2. The summed E-state index contributed by atoms with van der Waals surface area (Å²) in [5.74, 6) is -0.315. The predicted molar refractivity (Wildman–Crippen MR) is 175 cm³/mol. The fourth-order valence-electron chi connectivity index (χ4n) is 6.24. The van der Waals surface area contributed by atoms with Crippen molar-refractivity contribution in [1.29, 1.82) is 5.26 Å². The van der Waals surface area contributed by atoms with Gasteiger partial charge in [0.1, 0.15) is 0 Å². The highest BCUT2D eigenvalue weighted by Crippen LogP contribution is 2.35. The summed E-state index contributed by atoms with van der Waals surface area (Å²) in [5.41, 5.74) is 6.13. The molecule has 0 N–H and O–H groups in total. The SMILES string of the molecule is CN1CCCN(Cc2ccc(-c3ccccc3-c3ccc(C(=O)N(C)C)c(C(=O)N4CCCN(C)CC4)c3)c(C#N)c2)CC1. The van der Waals surface area contributed by atoms with Crippen LogP contribution >= 0.6 is 0 Å². The second-order valence-corrected chi connectivity index (χ2v) is 12.4. The Morgan fingerprint density at radius 1 is 0.750 bits per heavy atom. The maximum atomic E-state index is 14.0. The van der Waals surface area contributed by atoms with Crippen LogP contribution in [0.1, 0.15) is 44.7 Å². The van der Waals surface area contributed by atoms with Crippen LogP contribution in [-0.4, -0.2) is 117 Å². The van der Waals surface area contributed by atoms with E-state index in [1.165, 1.54) is 4.90 Å². The Balaban J connectivity index is 1.51. The van der Waals surface area contributed by atoms with Gasteiger partial charge in [0.05, 0.1) is 22.8 Å². The summed E-state index contributed by atoms with van der Waals surface area (Å²) in [6.45, 7) is 8.08. The molecule has 5 rings (SSSR count). The van der Waals surface area contributed by atoms with E-state index in [4.69, 9.17) is 0 Å². The van der Waals surface area contributed by atoms with Crippen LogP contribution in [0.25, 0.3) is 22.3 Å². The van der Waals surface area contributed by atoms with E-state index in [-0.39, 0.29) is 11.8 Å². The first-order chi connectivity index (χ1) is 21.2. The van der Waals surface area contributed by atoms with Gasteiger partial charge < -0.3 is 19.6 Å². The number of nitriles is 1. The summed E-state index contributed by atoms with van der Waals surface area (Å²) in [6.07, 6.45) is 2.04. The number of hydrogen-bond donors (Lipinski definition) is 0. The van der Waals surface area contributed by atoms with E-state index in [9.17, 15) is 14.9 Å². The maximum absolute atomic E-state index is 14.0. The largest absolute Gasteiger partial charge is 0.345 e. The van der Waals surface area contributed by atoms with Crippen molar-refractivity contribution >= 4 is 11.8 Å². The van der Waals surface area contributed by atoms with Crippen LogP contribution < -0.4 is 0 Å². The molecule has 0 saturated carbocycles. The molecule has 0 unspecified atom stereocenters. The molecule has 8 heteroatoms. The van der Waals surface area contributed by atoms with E-state index in [0.717, 1.165) is 86.5 Å². The number of carbonyl (C=O) groups is 2. The lowest BCUT2D eigenvalue weighted by Gasteiger charge is -2.23. The van der Waals surface area contributed by atoms with Crippen LogP contribution in [0.15, 0.2) is 60.7 Å². The Labute approximate surface area is 262 Å². The highest BCUT2D eigenvalue weighted by molar-refractivity contribution is 6.08. The van der Waals surface area contributed by atoms with Crippen molar-refractivity contribution in [3.05, 3.63) is 82.9 Å². The average molecular weight is 593 g/mol. The molecular formula is C36H44N6O2. The molecule has 2 saturated heterocycles.